The largest absolute Gasteiger partial charge is 0.143 e. The minimum atomic E-state index is -0.0464. The number of alkyl halides is 1. The fourth-order valence-electron chi connectivity index (χ4n) is 2.25. The van der Waals surface area contributed by atoms with Crippen LogP contribution in [-0.4, -0.2) is 0 Å². The minimum Gasteiger partial charge on any atom is -0.143 e. The molecule has 0 aliphatic rings. The summed E-state index contributed by atoms with van der Waals surface area (Å²) < 4.78 is 0. The molecule has 1 heterocycles. The molecule has 0 saturated heterocycles. The molecular formula is C17H15ClS. The number of aryl methyl sites for hydroxylation is 1. The van der Waals surface area contributed by atoms with E-state index in [1.54, 1.807) is 0 Å². The van der Waals surface area contributed by atoms with E-state index in [1.807, 2.05) is 11.3 Å². The van der Waals surface area contributed by atoms with Gasteiger partial charge in [-0.25, -0.2) is 0 Å². The van der Waals surface area contributed by atoms with Crippen LogP contribution in [0.2, 0.25) is 0 Å². The second-order valence-corrected chi connectivity index (χ2v) is 6.26. The van der Waals surface area contributed by atoms with Crippen molar-refractivity contribution in [1.82, 2.24) is 0 Å². The molecule has 1 unspecified atom stereocenters. The van der Waals surface area contributed by atoms with Gasteiger partial charge in [0.2, 0.25) is 0 Å². The van der Waals surface area contributed by atoms with Gasteiger partial charge in [-0.05, 0) is 41.0 Å². The summed E-state index contributed by atoms with van der Waals surface area (Å²) >= 11 is 8.42. The van der Waals surface area contributed by atoms with Gasteiger partial charge < -0.3 is 0 Å². The van der Waals surface area contributed by atoms with Crippen molar-refractivity contribution in [2.75, 3.05) is 0 Å². The maximum Gasteiger partial charge on any atom is 0.0928 e. The first kappa shape index (κ1) is 12.7. The molecule has 1 aromatic heterocycles. The third kappa shape index (κ3) is 2.54. The Hall–Kier alpha value is -1.31. The molecule has 2 heteroatoms. The van der Waals surface area contributed by atoms with Crippen LogP contribution in [0, 0.1) is 0 Å². The second kappa shape index (κ2) is 5.36. The van der Waals surface area contributed by atoms with Crippen LogP contribution in [0.5, 0.6) is 0 Å². The van der Waals surface area contributed by atoms with E-state index >= 15 is 0 Å². The Kier molecular flexibility index (Phi) is 3.58. The molecule has 0 nitrogen and oxygen atoms in total. The third-order valence-electron chi connectivity index (χ3n) is 3.35. The first-order valence-corrected chi connectivity index (χ1v) is 7.74. The van der Waals surface area contributed by atoms with E-state index in [4.69, 9.17) is 11.6 Å². The summed E-state index contributed by atoms with van der Waals surface area (Å²) in [4.78, 5) is 2.62. The van der Waals surface area contributed by atoms with Gasteiger partial charge in [-0.3, -0.25) is 0 Å². The average molecular weight is 287 g/mol. The number of fused-ring (bicyclic) bond motifs is 1. The Morgan fingerprint density at radius 3 is 2.53 bits per heavy atom. The summed E-state index contributed by atoms with van der Waals surface area (Å²) in [6.07, 6.45) is 1.08. The Morgan fingerprint density at radius 1 is 1.00 bits per heavy atom. The lowest BCUT2D eigenvalue weighted by Gasteiger charge is -2.09. The molecule has 0 saturated carbocycles. The van der Waals surface area contributed by atoms with Gasteiger partial charge in [0, 0.05) is 9.75 Å². The summed E-state index contributed by atoms with van der Waals surface area (Å²) in [5.41, 5.74) is 1.17. The zero-order chi connectivity index (χ0) is 13.2. The summed E-state index contributed by atoms with van der Waals surface area (Å²) in [5, 5.41) is 2.46. The second-order valence-electron chi connectivity index (χ2n) is 4.63. The number of rotatable bonds is 3. The first-order chi connectivity index (χ1) is 9.28. The van der Waals surface area contributed by atoms with Crippen LogP contribution in [0.25, 0.3) is 10.8 Å². The highest BCUT2D eigenvalue weighted by Crippen LogP contribution is 2.35. The molecule has 2 aromatic carbocycles. The lowest BCUT2D eigenvalue weighted by Crippen LogP contribution is -1.89. The van der Waals surface area contributed by atoms with Crippen molar-refractivity contribution in [1.29, 1.82) is 0 Å². The van der Waals surface area contributed by atoms with Gasteiger partial charge in [-0.1, -0.05) is 43.3 Å². The van der Waals surface area contributed by atoms with E-state index in [0.29, 0.717) is 0 Å². The van der Waals surface area contributed by atoms with Gasteiger partial charge in [0.25, 0.3) is 0 Å². The topological polar surface area (TPSA) is 0 Å². The van der Waals surface area contributed by atoms with Gasteiger partial charge in [0.15, 0.2) is 0 Å². The smallest absolute Gasteiger partial charge is 0.0928 e. The molecule has 0 fully saturated rings. The van der Waals surface area contributed by atoms with Crippen molar-refractivity contribution in [3.05, 3.63) is 69.9 Å². The molecule has 0 spiro atoms. The molecule has 0 amide bonds. The molecule has 0 radical (unpaired) electrons. The SMILES string of the molecule is CCc1ccc(C(Cl)c2ccc3ccccc3c2)s1. The molecule has 19 heavy (non-hydrogen) atoms. The van der Waals surface area contributed by atoms with Gasteiger partial charge in [-0.15, -0.1) is 22.9 Å². The van der Waals surface area contributed by atoms with Crippen LogP contribution in [0.15, 0.2) is 54.6 Å². The Bertz CT molecular complexity index is 699. The van der Waals surface area contributed by atoms with E-state index in [1.165, 1.54) is 26.1 Å². The van der Waals surface area contributed by atoms with E-state index in [9.17, 15) is 0 Å². The van der Waals surface area contributed by atoms with Gasteiger partial charge >= 0.3 is 0 Å². The lowest BCUT2D eigenvalue weighted by atomic mass is 10.0. The Balaban J connectivity index is 1.98. The number of halogens is 1. The highest BCUT2D eigenvalue weighted by Gasteiger charge is 2.13. The van der Waals surface area contributed by atoms with Crippen molar-refractivity contribution in [3.63, 3.8) is 0 Å². The number of benzene rings is 2. The van der Waals surface area contributed by atoms with E-state index in [2.05, 4.69) is 61.5 Å². The highest BCUT2D eigenvalue weighted by atomic mass is 35.5. The summed E-state index contributed by atoms with van der Waals surface area (Å²) in [5.74, 6) is 0. The van der Waals surface area contributed by atoms with Crippen molar-refractivity contribution >= 4 is 33.7 Å². The van der Waals surface area contributed by atoms with Crippen LogP contribution in [0.1, 0.15) is 27.6 Å². The highest BCUT2D eigenvalue weighted by molar-refractivity contribution is 7.12. The van der Waals surface area contributed by atoms with Gasteiger partial charge in [0.1, 0.15) is 0 Å². The van der Waals surface area contributed by atoms with Crippen LogP contribution >= 0.6 is 22.9 Å². The van der Waals surface area contributed by atoms with E-state index in [0.717, 1.165) is 6.42 Å². The van der Waals surface area contributed by atoms with Crippen LogP contribution in [0.3, 0.4) is 0 Å². The van der Waals surface area contributed by atoms with Crippen molar-refractivity contribution in [2.24, 2.45) is 0 Å². The Morgan fingerprint density at radius 2 is 1.79 bits per heavy atom. The summed E-state index contributed by atoms with van der Waals surface area (Å²) in [6.45, 7) is 2.18. The molecule has 3 rings (SSSR count). The maximum absolute atomic E-state index is 6.61. The quantitative estimate of drug-likeness (QED) is 0.534. The molecular weight excluding hydrogens is 272 g/mol. The van der Waals surface area contributed by atoms with Crippen LogP contribution in [0.4, 0.5) is 0 Å². The first-order valence-electron chi connectivity index (χ1n) is 6.49. The Labute approximate surface area is 122 Å². The third-order valence-corrected chi connectivity index (χ3v) is 5.26. The average Bonchev–Trinajstić information content (AvgIpc) is 2.95. The van der Waals surface area contributed by atoms with E-state index < -0.39 is 0 Å². The lowest BCUT2D eigenvalue weighted by molar-refractivity contribution is 1.19. The summed E-state index contributed by atoms with van der Waals surface area (Å²) in [6, 6.07) is 19.2. The van der Waals surface area contributed by atoms with Crippen molar-refractivity contribution in [2.45, 2.75) is 18.7 Å². The van der Waals surface area contributed by atoms with Crippen molar-refractivity contribution in [3.8, 4) is 0 Å². The maximum atomic E-state index is 6.61. The molecule has 3 aromatic rings. The van der Waals surface area contributed by atoms with Crippen molar-refractivity contribution < 1.29 is 0 Å². The summed E-state index contributed by atoms with van der Waals surface area (Å²) in [7, 11) is 0. The minimum absolute atomic E-state index is 0.0464. The zero-order valence-corrected chi connectivity index (χ0v) is 12.3. The number of thiophene rings is 1. The number of hydrogen-bond donors (Lipinski definition) is 0. The monoisotopic (exact) mass is 286 g/mol. The molecule has 0 bridgehead atoms. The zero-order valence-electron chi connectivity index (χ0n) is 10.8. The van der Waals surface area contributed by atoms with Crippen LogP contribution < -0.4 is 0 Å². The fraction of sp³-hybridized carbons (Fsp3) is 0.176. The predicted molar refractivity (Wildman–Crippen MR) is 85.3 cm³/mol. The fourth-order valence-corrected chi connectivity index (χ4v) is 3.55. The normalized spacial score (nSPS) is 12.7. The van der Waals surface area contributed by atoms with Gasteiger partial charge in [0.05, 0.1) is 5.38 Å². The number of hydrogen-bond acceptors (Lipinski definition) is 1. The van der Waals surface area contributed by atoms with E-state index in [-0.39, 0.29) is 5.38 Å². The molecule has 0 aliphatic heterocycles. The molecule has 1 atom stereocenters. The standard InChI is InChI=1S/C17H15ClS/c1-2-15-9-10-16(19-15)17(18)14-8-7-12-5-3-4-6-13(12)11-14/h3-11,17H,2H2,1H3. The molecule has 0 N–H and O–H groups in total. The molecule has 0 aliphatic carbocycles. The van der Waals surface area contributed by atoms with Gasteiger partial charge in [-0.2, -0.15) is 0 Å². The molecule has 96 valence electrons. The van der Waals surface area contributed by atoms with Crippen LogP contribution in [-0.2, 0) is 6.42 Å². The predicted octanol–water partition coefficient (Wildman–Crippen LogP) is 5.79.